The van der Waals surface area contributed by atoms with E-state index in [4.69, 9.17) is 0 Å². The number of hydrogen-bond donors (Lipinski definition) is 0. The number of hydrogen-bond acceptors (Lipinski definition) is 1. The van der Waals surface area contributed by atoms with Crippen molar-refractivity contribution >= 4 is 38.5 Å². The van der Waals surface area contributed by atoms with Crippen molar-refractivity contribution in [2.75, 3.05) is 0 Å². The van der Waals surface area contributed by atoms with E-state index in [0.717, 1.165) is 9.13 Å². The van der Waals surface area contributed by atoms with Gasteiger partial charge in [0.25, 0.3) is 0 Å². The Morgan fingerprint density at radius 1 is 1.47 bits per heavy atom. The molecule has 1 heterocycles. The maximum absolute atomic E-state index is 13.6. The van der Waals surface area contributed by atoms with Crippen molar-refractivity contribution in [3.8, 4) is 5.69 Å². The molecule has 2 aromatic rings. The molecule has 1 aromatic heterocycles. The van der Waals surface area contributed by atoms with Gasteiger partial charge < -0.3 is 0 Å². The molecule has 0 fully saturated rings. The van der Waals surface area contributed by atoms with Crippen molar-refractivity contribution in [2.24, 2.45) is 0 Å². The van der Waals surface area contributed by atoms with Crippen LogP contribution in [-0.2, 0) is 5.33 Å². The normalized spacial score (nSPS) is 10.6. The number of nitrogens with zero attached hydrogens (tertiary/aromatic N) is 2. The van der Waals surface area contributed by atoms with Crippen molar-refractivity contribution in [1.82, 2.24) is 9.78 Å². The van der Waals surface area contributed by atoms with Crippen LogP contribution in [0.5, 0.6) is 0 Å². The van der Waals surface area contributed by atoms with Crippen molar-refractivity contribution < 1.29 is 4.39 Å². The van der Waals surface area contributed by atoms with Crippen LogP contribution in [0.4, 0.5) is 4.39 Å². The predicted molar refractivity (Wildman–Crippen MR) is 68.9 cm³/mol. The van der Waals surface area contributed by atoms with Crippen molar-refractivity contribution in [1.29, 1.82) is 0 Å². The lowest BCUT2D eigenvalue weighted by Gasteiger charge is -2.07. The van der Waals surface area contributed by atoms with Crippen LogP contribution in [0.1, 0.15) is 5.56 Å². The molecule has 0 radical (unpaired) electrons. The van der Waals surface area contributed by atoms with Gasteiger partial charge in [0.2, 0.25) is 0 Å². The van der Waals surface area contributed by atoms with Crippen LogP contribution in [0.25, 0.3) is 5.69 Å². The largest absolute Gasteiger partial charge is 0.237 e. The highest BCUT2D eigenvalue weighted by atomic mass is 127. The molecule has 2 nitrogen and oxygen atoms in total. The third kappa shape index (κ3) is 2.23. The third-order valence-electron chi connectivity index (χ3n) is 1.99. The average Bonchev–Trinajstić information content (AvgIpc) is 2.64. The summed E-state index contributed by atoms with van der Waals surface area (Å²) in [5, 5.41) is 4.71. The van der Waals surface area contributed by atoms with Gasteiger partial charge in [0.05, 0.1) is 9.77 Å². The molecule has 0 unspecified atom stereocenters. The van der Waals surface area contributed by atoms with Crippen molar-refractivity contribution in [3.63, 3.8) is 0 Å². The highest BCUT2D eigenvalue weighted by Gasteiger charge is 2.10. The van der Waals surface area contributed by atoms with Gasteiger partial charge in [0.15, 0.2) is 0 Å². The van der Waals surface area contributed by atoms with E-state index in [1.165, 1.54) is 6.07 Å². The molecule has 0 aliphatic carbocycles. The topological polar surface area (TPSA) is 17.8 Å². The number of aromatic nitrogens is 2. The molecule has 0 bridgehead atoms. The van der Waals surface area contributed by atoms with Crippen molar-refractivity contribution in [2.45, 2.75) is 5.33 Å². The Hall–Kier alpha value is -0.430. The first-order valence-electron chi connectivity index (χ1n) is 4.26. The number of rotatable bonds is 2. The van der Waals surface area contributed by atoms with Crippen molar-refractivity contribution in [3.05, 3.63) is 45.5 Å². The molecular weight excluding hydrogens is 374 g/mol. The van der Waals surface area contributed by atoms with Gasteiger partial charge in [0.1, 0.15) is 11.5 Å². The summed E-state index contributed by atoms with van der Waals surface area (Å²) < 4.78 is 16.2. The second kappa shape index (κ2) is 4.61. The third-order valence-corrected chi connectivity index (χ3v) is 3.16. The second-order valence-corrected chi connectivity index (χ2v) is 4.79. The minimum Gasteiger partial charge on any atom is -0.237 e. The summed E-state index contributed by atoms with van der Waals surface area (Å²) >= 11 is 5.48. The zero-order chi connectivity index (χ0) is 10.8. The standard InChI is InChI=1S/C10H7BrFIN2/c11-4-7-2-1-3-9(12)10(7)15-6-8(13)5-14-15/h1-3,5-6H,4H2. The van der Waals surface area contributed by atoms with E-state index in [-0.39, 0.29) is 5.82 Å². The lowest BCUT2D eigenvalue weighted by atomic mass is 10.2. The summed E-state index contributed by atoms with van der Waals surface area (Å²) in [6, 6.07) is 5.02. The summed E-state index contributed by atoms with van der Waals surface area (Å²) in [5.74, 6) is -0.258. The van der Waals surface area contributed by atoms with Gasteiger partial charge in [-0.15, -0.1) is 0 Å². The van der Waals surface area contributed by atoms with Gasteiger partial charge in [-0.3, -0.25) is 0 Å². The Labute approximate surface area is 109 Å². The first-order chi connectivity index (χ1) is 7.22. The van der Waals surface area contributed by atoms with Crippen LogP contribution in [0.15, 0.2) is 30.6 Å². The Morgan fingerprint density at radius 3 is 2.87 bits per heavy atom. The molecule has 0 saturated carbocycles. The van der Waals surface area contributed by atoms with Gasteiger partial charge in [0, 0.05) is 11.5 Å². The summed E-state index contributed by atoms with van der Waals surface area (Å²) in [7, 11) is 0. The number of halogens is 3. The Balaban J connectivity index is 2.60. The average molecular weight is 381 g/mol. The van der Waals surface area contributed by atoms with Gasteiger partial charge in [-0.1, -0.05) is 28.1 Å². The highest BCUT2D eigenvalue weighted by Crippen LogP contribution is 2.21. The molecule has 5 heteroatoms. The monoisotopic (exact) mass is 380 g/mol. The van der Waals surface area contributed by atoms with E-state index < -0.39 is 0 Å². The van der Waals surface area contributed by atoms with E-state index in [1.807, 2.05) is 6.07 Å². The summed E-state index contributed by atoms with van der Waals surface area (Å²) in [6.45, 7) is 0. The molecule has 0 N–H and O–H groups in total. The van der Waals surface area contributed by atoms with Gasteiger partial charge in [-0.25, -0.2) is 9.07 Å². The van der Waals surface area contributed by atoms with Gasteiger partial charge in [-0.05, 0) is 34.2 Å². The number of para-hydroxylation sites is 1. The molecule has 0 aliphatic rings. The lowest BCUT2D eigenvalue weighted by molar-refractivity contribution is 0.609. The minimum atomic E-state index is -0.258. The smallest absolute Gasteiger partial charge is 0.149 e. The van der Waals surface area contributed by atoms with E-state index in [2.05, 4.69) is 43.6 Å². The molecule has 0 spiro atoms. The fourth-order valence-electron chi connectivity index (χ4n) is 1.35. The van der Waals surface area contributed by atoms with E-state index in [0.29, 0.717) is 11.0 Å². The molecule has 2 rings (SSSR count). The summed E-state index contributed by atoms with van der Waals surface area (Å²) in [4.78, 5) is 0. The fourth-order valence-corrected chi connectivity index (χ4v) is 2.19. The van der Waals surface area contributed by atoms with Gasteiger partial charge in [-0.2, -0.15) is 5.10 Å². The molecule has 0 aliphatic heterocycles. The quantitative estimate of drug-likeness (QED) is 0.575. The van der Waals surface area contributed by atoms with Crippen LogP contribution in [0.2, 0.25) is 0 Å². The Bertz CT molecular complexity index is 484. The molecule has 0 amide bonds. The molecule has 0 atom stereocenters. The van der Waals surface area contributed by atoms with Gasteiger partial charge >= 0.3 is 0 Å². The van der Waals surface area contributed by atoms with Crippen LogP contribution < -0.4 is 0 Å². The van der Waals surface area contributed by atoms with Crippen LogP contribution in [0.3, 0.4) is 0 Å². The van der Waals surface area contributed by atoms with Crippen LogP contribution in [0, 0.1) is 9.39 Å². The molecule has 0 saturated heterocycles. The van der Waals surface area contributed by atoms with E-state index in [9.17, 15) is 4.39 Å². The zero-order valence-corrected chi connectivity index (χ0v) is 11.4. The maximum Gasteiger partial charge on any atom is 0.149 e. The van der Waals surface area contributed by atoms with E-state index >= 15 is 0 Å². The number of benzene rings is 1. The molecule has 78 valence electrons. The first-order valence-corrected chi connectivity index (χ1v) is 6.46. The maximum atomic E-state index is 13.6. The summed E-state index contributed by atoms with van der Waals surface area (Å²) in [6.07, 6.45) is 3.50. The fraction of sp³-hybridized carbons (Fsp3) is 0.100. The van der Waals surface area contributed by atoms with Crippen LogP contribution in [-0.4, -0.2) is 9.78 Å². The number of alkyl halides is 1. The lowest BCUT2D eigenvalue weighted by Crippen LogP contribution is -2.02. The summed E-state index contributed by atoms with van der Waals surface area (Å²) in [5.41, 5.74) is 1.40. The zero-order valence-electron chi connectivity index (χ0n) is 7.62. The highest BCUT2D eigenvalue weighted by molar-refractivity contribution is 14.1. The van der Waals surface area contributed by atoms with E-state index in [1.54, 1.807) is 23.1 Å². The first kappa shape index (κ1) is 11.1. The SMILES string of the molecule is Fc1cccc(CBr)c1-n1cc(I)cn1. The van der Waals surface area contributed by atoms with Crippen LogP contribution >= 0.6 is 38.5 Å². The minimum absolute atomic E-state index is 0.258. The molecule has 1 aromatic carbocycles. The molecule has 15 heavy (non-hydrogen) atoms. The molecular formula is C10H7BrFIN2. The Morgan fingerprint density at radius 2 is 2.27 bits per heavy atom. The Kier molecular flexibility index (Phi) is 3.40. The second-order valence-electron chi connectivity index (χ2n) is 2.98. The predicted octanol–water partition coefficient (Wildman–Crippen LogP) is 3.51.